The van der Waals surface area contributed by atoms with Gasteiger partial charge in [0.1, 0.15) is 0 Å². The lowest BCUT2D eigenvalue weighted by Crippen LogP contribution is -2.26. The van der Waals surface area contributed by atoms with Crippen molar-refractivity contribution < 1.29 is 16.8 Å². The van der Waals surface area contributed by atoms with Crippen molar-refractivity contribution in [3.63, 3.8) is 0 Å². The van der Waals surface area contributed by atoms with E-state index in [9.17, 15) is 16.8 Å². The van der Waals surface area contributed by atoms with Crippen molar-refractivity contribution in [2.45, 2.75) is 25.5 Å². The Labute approximate surface area is 155 Å². The molecule has 0 amide bonds. The Bertz CT molecular complexity index is 937. The minimum absolute atomic E-state index is 0.0272. The molecular weight excluding hydrogens is 372 g/mol. The zero-order valence-corrected chi connectivity index (χ0v) is 16.5. The van der Waals surface area contributed by atoms with Crippen LogP contribution >= 0.6 is 0 Å². The van der Waals surface area contributed by atoms with Crippen LogP contribution in [0.4, 0.5) is 5.69 Å². The van der Waals surface area contributed by atoms with Gasteiger partial charge in [-0.15, -0.1) is 0 Å². The van der Waals surface area contributed by atoms with E-state index in [0.29, 0.717) is 25.1 Å². The van der Waals surface area contributed by atoms with Crippen LogP contribution in [-0.2, 0) is 32.2 Å². The van der Waals surface area contributed by atoms with E-state index in [-0.39, 0.29) is 5.75 Å². The zero-order chi connectivity index (χ0) is 19.2. The van der Waals surface area contributed by atoms with E-state index < -0.39 is 20.0 Å². The fourth-order valence-electron chi connectivity index (χ4n) is 2.55. The highest BCUT2D eigenvalue weighted by molar-refractivity contribution is 7.92. The second kappa shape index (κ2) is 8.66. The Balaban J connectivity index is 1.79. The van der Waals surface area contributed by atoms with E-state index in [1.54, 1.807) is 18.2 Å². The molecule has 2 N–H and O–H groups in total. The van der Waals surface area contributed by atoms with E-state index >= 15 is 0 Å². The van der Waals surface area contributed by atoms with Gasteiger partial charge in [-0.25, -0.2) is 21.6 Å². The Hall–Kier alpha value is -1.90. The molecule has 0 fully saturated rings. The van der Waals surface area contributed by atoms with Gasteiger partial charge in [0.15, 0.2) is 0 Å². The van der Waals surface area contributed by atoms with E-state index in [1.807, 2.05) is 37.3 Å². The van der Waals surface area contributed by atoms with Crippen LogP contribution in [0.1, 0.15) is 23.1 Å². The van der Waals surface area contributed by atoms with Crippen molar-refractivity contribution in [2.75, 3.05) is 17.5 Å². The second-order valence-corrected chi connectivity index (χ2v) is 9.87. The number of rotatable bonds is 9. The number of hydrogen-bond donors (Lipinski definition) is 2. The van der Waals surface area contributed by atoms with E-state index in [1.165, 1.54) is 0 Å². The molecule has 0 radical (unpaired) electrons. The predicted molar refractivity (Wildman–Crippen MR) is 105 cm³/mol. The molecule has 0 bridgehead atoms. The van der Waals surface area contributed by atoms with Crippen molar-refractivity contribution >= 4 is 25.7 Å². The Morgan fingerprint density at radius 2 is 1.62 bits per heavy atom. The molecule has 0 heterocycles. The minimum atomic E-state index is -3.36. The lowest BCUT2D eigenvalue weighted by molar-refractivity contribution is 0.578. The number of aryl methyl sites for hydroxylation is 2. The normalized spacial score (nSPS) is 12.1. The molecule has 0 aliphatic heterocycles. The van der Waals surface area contributed by atoms with Crippen molar-refractivity contribution in [1.82, 2.24) is 4.72 Å². The molecule has 0 aliphatic rings. The summed E-state index contributed by atoms with van der Waals surface area (Å²) in [6, 6.07) is 14.5. The molecule has 142 valence electrons. The summed E-state index contributed by atoms with van der Waals surface area (Å²) in [5.41, 5.74) is 3.33. The lowest BCUT2D eigenvalue weighted by atomic mass is 10.1. The van der Waals surface area contributed by atoms with Gasteiger partial charge in [0.05, 0.1) is 12.0 Å². The van der Waals surface area contributed by atoms with Gasteiger partial charge in [0.25, 0.3) is 0 Å². The Morgan fingerprint density at radius 3 is 2.23 bits per heavy atom. The molecular formula is C18H24N2O4S2. The monoisotopic (exact) mass is 396 g/mol. The van der Waals surface area contributed by atoms with Crippen LogP contribution in [0.5, 0.6) is 0 Å². The SMILES string of the molecule is Cc1cccc(CS(=O)(=O)NCCCc2ccc(NS(C)(=O)=O)cc2)c1. The first kappa shape index (κ1) is 20.4. The number of nitrogens with one attached hydrogen (secondary N) is 2. The van der Waals surface area contributed by atoms with Gasteiger partial charge in [0, 0.05) is 12.2 Å². The Kier molecular flexibility index (Phi) is 6.80. The van der Waals surface area contributed by atoms with Gasteiger partial charge in [-0.3, -0.25) is 4.72 Å². The molecule has 6 nitrogen and oxygen atoms in total. The molecule has 0 aromatic heterocycles. The van der Waals surface area contributed by atoms with Crippen LogP contribution in [0.2, 0.25) is 0 Å². The fourth-order valence-corrected chi connectivity index (χ4v) is 4.29. The van der Waals surface area contributed by atoms with Gasteiger partial charge >= 0.3 is 0 Å². The van der Waals surface area contributed by atoms with Crippen LogP contribution in [-0.4, -0.2) is 29.6 Å². The standard InChI is InChI=1S/C18H24N2O4S2/c1-15-5-3-6-17(13-15)14-26(23,24)19-12-4-7-16-8-10-18(11-9-16)20-25(2,21)22/h3,5-6,8-11,13,19-20H,4,7,12,14H2,1-2H3. The average Bonchev–Trinajstić information content (AvgIpc) is 2.51. The van der Waals surface area contributed by atoms with Gasteiger partial charge in [-0.2, -0.15) is 0 Å². The summed E-state index contributed by atoms with van der Waals surface area (Å²) in [5.74, 6) is -0.0272. The molecule has 0 unspecified atom stereocenters. The van der Waals surface area contributed by atoms with E-state index in [0.717, 1.165) is 22.9 Å². The van der Waals surface area contributed by atoms with Gasteiger partial charge in [-0.05, 0) is 43.0 Å². The first-order chi connectivity index (χ1) is 12.1. The number of benzene rings is 2. The molecule has 0 spiro atoms. The first-order valence-electron chi connectivity index (χ1n) is 8.23. The lowest BCUT2D eigenvalue weighted by Gasteiger charge is -2.08. The molecule has 0 saturated carbocycles. The summed E-state index contributed by atoms with van der Waals surface area (Å²) in [6.07, 6.45) is 2.46. The third-order valence-electron chi connectivity index (χ3n) is 3.66. The first-order valence-corrected chi connectivity index (χ1v) is 11.8. The quantitative estimate of drug-likeness (QED) is 0.637. The summed E-state index contributed by atoms with van der Waals surface area (Å²) < 4.78 is 51.6. The fraction of sp³-hybridized carbons (Fsp3) is 0.333. The van der Waals surface area contributed by atoms with Gasteiger partial charge in [-0.1, -0.05) is 42.0 Å². The smallest absolute Gasteiger partial charge is 0.229 e. The predicted octanol–water partition coefficient (Wildman–Crippen LogP) is 2.42. The number of anilines is 1. The second-order valence-electron chi connectivity index (χ2n) is 6.32. The third-order valence-corrected chi connectivity index (χ3v) is 5.62. The van der Waals surface area contributed by atoms with Crippen molar-refractivity contribution in [3.05, 3.63) is 65.2 Å². The van der Waals surface area contributed by atoms with Crippen LogP contribution in [0.15, 0.2) is 48.5 Å². The minimum Gasteiger partial charge on any atom is -0.284 e. The summed E-state index contributed by atoms with van der Waals surface area (Å²) in [7, 11) is -6.64. The largest absolute Gasteiger partial charge is 0.284 e. The summed E-state index contributed by atoms with van der Waals surface area (Å²) in [5, 5.41) is 0. The highest BCUT2D eigenvalue weighted by atomic mass is 32.2. The van der Waals surface area contributed by atoms with Crippen LogP contribution in [0, 0.1) is 6.92 Å². The maximum absolute atomic E-state index is 12.1. The molecule has 8 heteroatoms. The highest BCUT2D eigenvalue weighted by Gasteiger charge is 2.11. The van der Waals surface area contributed by atoms with E-state index in [4.69, 9.17) is 0 Å². The molecule has 2 aromatic carbocycles. The third kappa shape index (κ3) is 7.55. The van der Waals surface area contributed by atoms with Crippen molar-refractivity contribution in [3.8, 4) is 0 Å². The molecule has 26 heavy (non-hydrogen) atoms. The van der Waals surface area contributed by atoms with Crippen LogP contribution in [0.25, 0.3) is 0 Å². The zero-order valence-electron chi connectivity index (χ0n) is 14.9. The molecule has 0 saturated heterocycles. The van der Waals surface area contributed by atoms with Crippen molar-refractivity contribution in [2.24, 2.45) is 0 Å². The molecule has 2 aromatic rings. The molecule has 0 atom stereocenters. The maximum Gasteiger partial charge on any atom is 0.229 e. The number of hydrogen-bond acceptors (Lipinski definition) is 4. The molecule has 2 rings (SSSR count). The van der Waals surface area contributed by atoms with Crippen molar-refractivity contribution in [1.29, 1.82) is 0 Å². The van der Waals surface area contributed by atoms with E-state index in [2.05, 4.69) is 9.44 Å². The summed E-state index contributed by atoms with van der Waals surface area (Å²) in [6.45, 7) is 2.29. The maximum atomic E-state index is 12.1. The summed E-state index contributed by atoms with van der Waals surface area (Å²) >= 11 is 0. The highest BCUT2D eigenvalue weighted by Crippen LogP contribution is 2.12. The average molecular weight is 397 g/mol. The number of sulfonamides is 2. The van der Waals surface area contributed by atoms with Gasteiger partial charge in [0.2, 0.25) is 20.0 Å². The molecule has 0 aliphatic carbocycles. The van der Waals surface area contributed by atoms with Crippen LogP contribution < -0.4 is 9.44 Å². The van der Waals surface area contributed by atoms with Gasteiger partial charge < -0.3 is 0 Å². The summed E-state index contributed by atoms with van der Waals surface area (Å²) in [4.78, 5) is 0. The Morgan fingerprint density at radius 1 is 0.923 bits per heavy atom. The topological polar surface area (TPSA) is 92.3 Å². The van der Waals surface area contributed by atoms with Crippen LogP contribution in [0.3, 0.4) is 0 Å².